The predicted molar refractivity (Wildman–Crippen MR) is 122 cm³/mol. The summed E-state index contributed by atoms with van der Waals surface area (Å²) >= 11 is -1.61. The van der Waals surface area contributed by atoms with Crippen molar-refractivity contribution in [3.8, 4) is 0 Å². The first kappa shape index (κ1) is 22.4. The minimum atomic E-state index is -3.55. The Hall–Kier alpha value is -2.26. The lowest BCUT2D eigenvalue weighted by atomic mass is 10.1. The van der Waals surface area contributed by atoms with Crippen molar-refractivity contribution >= 4 is 37.4 Å². The average Bonchev–Trinajstić information content (AvgIpc) is 3.02. The normalized spacial score (nSPS) is 15.7. The number of hydrogen-bond acceptors (Lipinski definition) is 5. The molecule has 30 heavy (non-hydrogen) atoms. The Morgan fingerprint density at radius 2 is 1.53 bits per heavy atom. The van der Waals surface area contributed by atoms with E-state index in [9.17, 15) is 8.42 Å². The molecular weight excluding hydrogens is 420 g/mol. The summed E-state index contributed by atoms with van der Waals surface area (Å²) in [5, 5.41) is 5.19. The molecule has 1 saturated heterocycles. The van der Waals surface area contributed by atoms with Crippen LogP contribution in [0.25, 0.3) is 10.8 Å². The van der Waals surface area contributed by atoms with Crippen LogP contribution in [0.5, 0.6) is 0 Å². The highest BCUT2D eigenvalue weighted by atomic mass is 32.2. The van der Waals surface area contributed by atoms with Crippen molar-refractivity contribution in [2.24, 2.45) is 0 Å². The van der Waals surface area contributed by atoms with Crippen LogP contribution in [0.1, 0.15) is 6.42 Å². The maximum absolute atomic E-state index is 13.2. The number of anilines is 1. The van der Waals surface area contributed by atoms with Gasteiger partial charge in [-0.15, -0.1) is 0 Å². The molecule has 160 valence electrons. The summed E-state index contributed by atoms with van der Waals surface area (Å²) in [5.74, 6) is 0. The number of rotatable bonds is 3. The van der Waals surface area contributed by atoms with Gasteiger partial charge < -0.3 is 14.8 Å². The first-order valence-electron chi connectivity index (χ1n) is 9.71. The maximum atomic E-state index is 13.2. The van der Waals surface area contributed by atoms with Gasteiger partial charge in [0.15, 0.2) is 0 Å². The monoisotopic (exact) mass is 446 g/mol. The van der Waals surface area contributed by atoms with Gasteiger partial charge in [-0.1, -0.05) is 42.5 Å². The largest absolute Gasteiger partial charge is 0.370 e. The Labute approximate surface area is 180 Å². The van der Waals surface area contributed by atoms with E-state index in [4.69, 9.17) is 8.76 Å². The zero-order valence-electron chi connectivity index (χ0n) is 16.8. The van der Waals surface area contributed by atoms with Crippen molar-refractivity contribution in [2.45, 2.75) is 16.2 Å². The van der Waals surface area contributed by atoms with E-state index in [0.29, 0.717) is 9.79 Å². The van der Waals surface area contributed by atoms with Crippen LogP contribution < -0.4 is 10.2 Å². The summed E-state index contributed by atoms with van der Waals surface area (Å²) < 4.78 is 43.0. The fourth-order valence-electron chi connectivity index (χ4n) is 3.58. The van der Waals surface area contributed by atoms with Gasteiger partial charge in [0, 0.05) is 42.3 Å². The molecule has 1 heterocycles. The van der Waals surface area contributed by atoms with E-state index in [1.807, 2.05) is 36.4 Å². The molecule has 0 saturated carbocycles. The van der Waals surface area contributed by atoms with Crippen molar-refractivity contribution in [1.29, 1.82) is 0 Å². The van der Waals surface area contributed by atoms with E-state index in [-0.39, 0.29) is 0 Å². The van der Waals surface area contributed by atoms with Crippen LogP contribution in [0.15, 0.2) is 76.5 Å². The number of benzene rings is 3. The van der Waals surface area contributed by atoms with Crippen LogP contribution in [0.4, 0.5) is 5.69 Å². The van der Waals surface area contributed by atoms with E-state index >= 15 is 0 Å². The zero-order valence-corrected chi connectivity index (χ0v) is 18.5. The molecule has 3 aromatic rings. The molecule has 1 fully saturated rings. The van der Waals surface area contributed by atoms with Crippen molar-refractivity contribution in [3.63, 3.8) is 0 Å². The fraction of sp³-hybridized carbons (Fsp3) is 0.273. The fourth-order valence-corrected chi connectivity index (χ4v) is 5.06. The third kappa shape index (κ3) is 5.26. The Balaban J connectivity index is 0.000000589. The van der Waals surface area contributed by atoms with E-state index in [0.717, 1.165) is 49.1 Å². The maximum Gasteiger partial charge on any atom is 0.207 e. The lowest BCUT2D eigenvalue weighted by molar-refractivity contribution is 0.571. The quantitative estimate of drug-likeness (QED) is 0.601. The molecule has 1 atom stereocenters. The van der Waals surface area contributed by atoms with E-state index in [1.165, 1.54) is 6.26 Å². The highest BCUT2D eigenvalue weighted by Crippen LogP contribution is 2.34. The van der Waals surface area contributed by atoms with Gasteiger partial charge in [0.1, 0.15) is 11.1 Å². The summed E-state index contributed by atoms with van der Waals surface area (Å²) in [4.78, 5) is 3.05. The molecular formula is C22H26N2O4S2. The topological polar surface area (TPSA) is 86.7 Å². The molecule has 0 amide bonds. The number of sulfone groups is 1. The van der Waals surface area contributed by atoms with Crippen molar-refractivity contribution < 1.29 is 17.2 Å². The molecule has 6 nitrogen and oxygen atoms in total. The smallest absolute Gasteiger partial charge is 0.207 e. The molecule has 1 unspecified atom stereocenters. The number of nitrogens with one attached hydrogen (secondary N) is 1. The predicted octanol–water partition coefficient (Wildman–Crippen LogP) is 3.31. The second-order valence-corrected chi connectivity index (χ2v) is 9.72. The Morgan fingerprint density at radius 3 is 2.23 bits per heavy atom. The molecule has 0 spiro atoms. The molecule has 1 aliphatic rings. The molecule has 2 N–H and O–H groups in total. The van der Waals surface area contributed by atoms with Gasteiger partial charge in [-0.25, -0.2) is 12.6 Å². The summed E-state index contributed by atoms with van der Waals surface area (Å²) in [7, 11) is -3.55. The van der Waals surface area contributed by atoms with Crippen LogP contribution in [-0.2, 0) is 20.9 Å². The molecule has 0 radical (unpaired) electrons. The highest BCUT2D eigenvalue weighted by molar-refractivity contribution is 7.91. The summed E-state index contributed by atoms with van der Waals surface area (Å²) in [5.41, 5.74) is 1.11. The lowest BCUT2D eigenvalue weighted by Gasteiger charge is -2.25. The Kier molecular flexibility index (Phi) is 7.60. The second kappa shape index (κ2) is 10.2. The molecule has 4 rings (SSSR count). The van der Waals surface area contributed by atoms with Crippen LogP contribution in [-0.4, -0.2) is 49.6 Å². The van der Waals surface area contributed by atoms with Crippen LogP contribution in [0.3, 0.4) is 0 Å². The molecule has 0 bridgehead atoms. The van der Waals surface area contributed by atoms with Gasteiger partial charge >= 0.3 is 0 Å². The van der Waals surface area contributed by atoms with Crippen LogP contribution >= 0.6 is 0 Å². The summed E-state index contributed by atoms with van der Waals surface area (Å²) in [6.45, 7) is 3.86. The average molecular weight is 447 g/mol. The zero-order chi connectivity index (χ0) is 21.6. The Morgan fingerprint density at radius 1 is 0.900 bits per heavy atom. The molecule has 8 heteroatoms. The van der Waals surface area contributed by atoms with E-state index in [2.05, 4.69) is 10.2 Å². The van der Waals surface area contributed by atoms with Gasteiger partial charge in [-0.2, -0.15) is 0 Å². The van der Waals surface area contributed by atoms with E-state index in [1.54, 1.807) is 30.3 Å². The number of nitrogens with zero attached hydrogens (tertiary/aromatic N) is 1. The first-order chi connectivity index (χ1) is 14.4. The SMILES string of the molecule is CS(=O)O.O=S(=O)(c1ccccc1)c1ccc(N2CCCNCC2)c2ccccc12. The minimum Gasteiger partial charge on any atom is -0.370 e. The Bertz CT molecular complexity index is 1110. The number of hydrogen-bond donors (Lipinski definition) is 2. The minimum absolute atomic E-state index is 0.330. The highest BCUT2D eigenvalue weighted by Gasteiger charge is 2.22. The first-order valence-corrected chi connectivity index (χ1v) is 12.7. The van der Waals surface area contributed by atoms with Gasteiger partial charge in [0.2, 0.25) is 9.84 Å². The molecule has 3 aromatic carbocycles. The lowest BCUT2D eigenvalue weighted by Crippen LogP contribution is -2.28. The van der Waals surface area contributed by atoms with Gasteiger partial charge in [-0.3, -0.25) is 0 Å². The third-order valence-electron chi connectivity index (χ3n) is 4.88. The summed E-state index contributed by atoms with van der Waals surface area (Å²) in [6.07, 6.45) is 2.28. The van der Waals surface area contributed by atoms with Gasteiger partial charge in [0.25, 0.3) is 0 Å². The molecule has 1 aliphatic heterocycles. The molecule has 0 aliphatic carbocycles. The van der Waals surface area contributed by atoms with Crippen LogP contribution in [0, 0.1) is 0 Å². The number of fused-ring (bicyclic) bond motifs is 1. The van der Waals surface area contributed by atoms with Crippen molar-refractivity contribution in [1.82, 2.24) is 5.32 Å². The van der Waals surface area contributed by atoms with Gasteiger partial charge in [0.05, 0.1) is 9.79 Å². The van der Waals surface area contributed by atoms with Crippen molar-refractivity contribution in [2.75, 3.05) is 37.3 Å². The third-order valence-corrected chi connectivity index (χ3v) is 6.71. The van der Waals surface area contributed by atoms with E-state index < -0.39 is 20.9 Å². The second-order valence-electron chi connectivity index (χ2n) is 6.96. The van der Waals surface area contributed by atoms with Crippen molar-refractivity contribution in [3.05, 3.63) is 66.7 Å². The standard InChI is InChI=1S/C21H22N2O2S.CH4O2S/c24-26(25,17-7-2-1-3-8-17)21-12-11-20(18-9-4-5-10-19(18)21)23-15-6-13-22-14-16-23;1-4(2)3/h1-5,7-12,22H,6,13-16H2;1H3,(H,2,3). The van der Waals surface area contributed by atoms with Gasteiger partial charge in [-0.05, 0) is 37.2 Å². The van der Waals surface area contributed by atoms with Crippen LogP contribution in [0.2, 0.25) is 0 Å². The summed E-state index contributed by atoms with van der Waals surface area (Å²) in [6, 6.07) is 20.2. The molecule has 0 aromatic heterocycles.